The molecule has 0 fully saturated rings. The molecular formula is C14H22Br2N2O2S. The van der Waals surface area contributed by atoms with Gasteiger partial charge >= 0.3 is 0 Å². The van der Waals surface area contributed by atoms with Crippen molar-refractivity contribution in [1.82, 2.24) is 4.31 Å². The fraction of sp³-hybridized carbons (Fsp3) is 0.571. The third kappa shape index (κ3) is 4.43. The van der Waals surface area contributed by atoms with Crippen molar-refractivity contribution in [2.24, 2.45) is 0 Å². The lowest BCUT2D eigenvalue weighted by molar-refractivity contribution is 0.324. The van der Waals surface area contributed by atoms with Gasteiger partial charge in [0.15, 0.2) is 0 Å². The summed E-state index contributed by atoms with van der Waals surface area (Å²) in [7, 11) is -3.62. The van der Waals surface area contributed by atoms with Gasteiger partial charge in [0.25, 0.3) is 0 Å². The zero-order chi connectivity index (χ0) is 16.2. The van der Waals surface area contributed by atoms with E-state index in [1.165, 1.54) is 0 Å². The van der Waals surface area contributed by atoms with E-state index in [0.717, 1.165) is 23.7 Å². The average molecular weight is 442 g/mol. The molecule has 1 unspecified atom stereocenters. The molecule has 120 valence electrons. The highest BCUT2D eigenvalue weighted by Gasteiger charge is 2.31. The van der Waals surface area contributed by atoms with Gasteiger partial charge in [-0.25, -0.2) is 8.42 Å². The van der Waals surface area contributed by atoms with Crippen LogP contribution < -0.4 is 5.73 Å². The standard InChI is InChI=1S/C14H22Br2N2O2S/c1-4-6-7-18(10(3)5-2)21(19,20)14-12(16)8-11(15)9-13(14)17/h8-10H,4-7,17H2,1-3H3. The van der Waals surface area contributed by atoms with Gasteiger partial charge in [-0.15, -0.1) is 0 Å². The van der Waals surface area contributed by atoms with Crippen LogP contribution in [0, 0.1) is 0 Å². The number of hydrogen-bond acceptors (Lipinski definition) is 3. The number of unbranched alkanes of at least 4 members (excludes halogenated alkanes) is 1. The van der Waals surface area contributed by atoms with Crippen molar-refractivity contribution in [3.05, 3.63) is 21.1 Å². The van der Waals surface area contributed by atoms with Crippen LogP contribution in [0.15, 0.2) is 26.0 Å². The van der Waals surface area contributed by atoms with Crippen LogP contribution in [-0.2, 0) is 10.0 Å². The molecule has 1 aromatic rings. The maximum Gasteiger partial charge on any atom is 0.246 e. The summed E-state index contributed by atoms with van der Waals surface area (Å²) in [5.41, 5.74) is 6.20. The van der Waals surface area contributed by atoms with Gasteiger partial charge in [0.05, 0.1) is 5.69 Å². The summed E-state index contributed by atoms with van der Waals surface area (Å²) in [6.07, 6.45) is 2.54. The van der Waals surface area contributed by atoms with Gasteiger partial charge in [-0.1, -0.05) is 36.2 Å². The van der Waals surface area contributed by atoms with E-state index in [1.54, 1.807) is 16.4 Å². The van der Waals surface area contributed by atoms with Gasteiger partial charge < -0.3 is 5.73 Å². The molecule has 21 heavy (non-hydrogen) atoms. The van der Waals surface area contributed by atoms with E-state index in [0.29, 0.717) is 11.0 Å². The summed E-state index contributed by atoms with van der Waals surface area (Å²) in [6.45, 7) is 6.47. The Balaban J connectivity index is 3.35. The van der Waals surface area contributed by atoms with Crippen LogP contribution in [-0.4, -0.2) is 25.3 Å². The number of rotatable bonds is 7. The summed E-state index contributed by atoms with van der Waals surface area (Å²) in [5.74, 6) is 0. The molecule has 0 radical (unpaired) electrons. The Morgan fingerprint density at radius 3 is 2.38 bits per heavy atom. The molecule has 2 N–H and O–H groups in total. The highest BCUT2D eigenvalue weighted by atomic mass is 79.9. The topological polar surface area (TPSA) is 63.4 Å². The third-order valence-electron chi connectivity index (χ3n) is 3.42. The Kier molecular flexibility index (Phi) is 7.16. The molecule has 0 heterocycles. The molecule has 4 nitrogen and oxygen atoms in total. The maximum absolute atomic E-state index is 13.0. The van der Waals surface area contributed by atoms with E-state index in [4.69, 9.17) is 5.73 Å². The molecule has 0 aliphatic heterocycles. The largest absolute Gasteiger partial charge is 0.398 e. The van der Waals surface area contributed by atoms with Crippen molar-refractivity contribution in [1.29, 1.82) is 0 Å². The number of nitrogen functional groups attached to an aromatic ring is 1. The van der Waals surface area contributed by atoms with Gasteiger partial charge in [-0.05, 0) is 47.8 Å². The zero-order valence-electron chi connectivity index (χ0n) is 12.6. The predicted molar refractivity (Wildman–Crippen MR) is 94.8 cm³/mol. The number of anilines is 1. The van der Waals surface area contributed by atoms with Crippen LogP contribution in [0.3, 0.4) is 0 Å². The summed E-state index contributed by atoms with van der Waals surface area (Å²) in [5, 5.41) is 0. The average Bonchev–Trinajstić information content (AvgIpc) is 2.36. The second-order valence-corrected chi connectivity index (χ2v) is 8.63. The number of nitrogens with two attached hydrogens (primary N) is 1. The van der Waals surface area contributed by atoms with Crippen LogP contribution in [0.25, 0.3) is 0 Å². The van der Waals surface area contributed by atoms with E-state index >= 15 is 0 Å². The van der Waals surface area contributed by atoms with Crippen molar-refractivity contribution < 1.29 is 8.42 Å². The van der Waals surface area contributed by atoms with E-state index < -0.39 is 10.0 Å². The van der Waals surface area contributed by atoms with Gasteiger partial charge in [0, 0.05) is 21.5 Å². The van der Waals surface area contributed by atoms with Gasteiger partial charge in [-0.3, -0.25) is 0 Å². The Labute approximate surface area is 144 Å². The molecular weight excluding hydrogens is 420 g/mol. The quantitative estimate of drug-likeness (QED) is 0.638. The monoisotopic (exact) mass is 440 g/mol. The molecule has 1 rings (SSSR count). The molecule has 0 aromatic heterocycles. The predicted octanol–water partition coefficient (Wildman–Crippen LogP) is 4.38. The zero-order valence-corrected chi connectivity index (χ0v) is 16.6. The maximum atomic E-state index is 13.0. The first-order valence-electron chi connectivity index (χ1n) is 7.02. The first-order chi connectivity index (χ1) is 9.75. The lowest BCUT2D eigenvalue weighted by Crippen LogP contribution is -2.39. The minimum Gasteiger partial charge on any atom is -0.398 e. The number of benzene rings is 1. The van der Waals surface area contributed by atoms with Gasteiger partial charge in [0.1, 0.15) is 4.90 Å². The van der Waals surface area contributed by atoms with Crippen molar-refractivity contribution >= 4 is 47.6 Å². The van der Waals surface area contributed by atoms with Crippen molar-refractivity contribution in [2.45, 2.75) is 51.0 Å². The summed E-state index contributed by atoms with van der Waals surface area (Å²) in [6, 6.07) is 3.26. The summed E-state index contributed by atoms with van der Waals surface area (Å²) < 4.78 is 28.8. The van der Waals surface area contributed by atoms with E-state index in [1.807, 2.05) is 20.8 Å². The molecule has 0 spiro atoms. The highest BCUT2D eigenvalue weighted by Crippen LogP contribution is 2.34. The second kappa shape index (κ2) is 7.94. The van der Waals surface area contributed by atoms with Crippen LogP contribution in [0.4, 0.5) is 5.69 Å². The Morgan fingerprint density at radius 2 is 1.90 bits per heavy atom. The molecule has 0 aliphatic rings. The van der Waals surface area contributed by atoms with Crippen molar-refractivity contribution in [3.63, 3.8) is 0 Å². The minimum absolute atomic E-state index is 0.0588. The molecule has 0 bridgehead atoms. The third-order valence-corrected chi connectivity index (χ3v) is 6.90. The molecule has 0 saturated carbocycles. The number of hydrogen-bond donors (Lipinski definition) is 1. The van der Waals surface area contributed by atoms with Gasteiger partial charge in [0.2, 0.25) is 10.0 Å². The lowest BCUT2D eigenvalue weighted by atomic mass is 10.2. The summed E-state index contributed by atoms with van der Waals surface area (Å²) in [4.78, 5) is 0.155. The van der Waals surface area contributed by atoms with E-state index in [9.17, 15) is 8.42 Å². The number of sulfonamides is 1. The van der Waals surface area contributed by atoms with Crippen LogP contribution >= 0.6 is 31.9 Å². The summed E-state index contributed by atoms with van der Waals surface area (Å²) >= 11 is 6.64. The van der Waals surface area contributed by atoms with Crippen LogP contribution in [0.1, 0.15) is 40.0 Å². The van der Waals surface area contributed by atoms with E-state index in [2.05, 4.69) is 31.9 Å². The Hall–Kier alpha value is -0.110. The van der Waals surface area contributed by atoms with Crippen molar-refractivity contribution in [2.75, 3.05) is 12.3 Å². The number of nitrogens with zero attached hydrogens (tertiary/aromatic N) is 1. The fourth-order valence-electron chi connectivity index (χ4n) is 2.06. The van der Waals surface area contributed by atoms with Gasteiger partial charge in [-0.2, -0.15) is 4.31 Å². The van der Waals surface area contributed by atoms with E-state index in [-0.39, 0.29) is 16.6 Å². The number of halogens is 2. The minimum atomic E-state index is -3.62. The molecule has 0 aliphatic carbocycles. The first kappa shape index (κ1) is 18.9. The molecule has 0 saturated heterocycles. The van der Waals surface area contributed by atoms with Crippen LogP contribution in [0.2, 0.25) is 0 Å². The fourth-order valence-corrected chi connectivity index (χ4v) is 5.83. The molecule has 1 atom stereocenters. The second-order valence-electron chi connectivity index (χ2n) is 5.03. The molecule has 0 amide bonds. The molecule has 1 aromatic carbocycles. The molecule has 7 heteroatoms. The normalized spacial score (nSPS) is 13.6. The Bertz CT molecular complexity index is 568. The first-order valence-corrected chi connectivity index (χ1v) is 10.0. The highest BCUT2D eigenvalue weighted by molar-refractivity contribution is 9.11. The van der Waals surface area contributed by atoms with Crippen molar-refractivity contribution in [3.8, 4) is 0 Å². The lowest BCUT2D eigenvalue weighted by Gasteiger charge is -2.28. The Morgan fingerprint density at radius 1 is 1.29 bits per heavy atom. The smallest absolute Gasteiger partial charge is 0.246 e. The SMILES string of the molecule is CCCCN(C(C)CC)S(=O)(=O)c1c(N)cc(Br)cc1Br. The van der Waals surface area contributed by atoms with Crippen LogP contribution in [0.5, 0.6) is 0 Å².